The number of rotatable bonds is 13. The quantitative estimate of drug-likeness (QED) is 0.302. The molecule has 0 radical (unpaired) electrons. The van der Waals surface area contributed by atoms with E-state index in [-0.39, 0.29) is 30.7 Å². The number of thiophene rings is 1. The van der Waals surface area contributed by atoms with Gasteiger partial charge in [0.05, 0.1) is 25.1 Å². The van der Waals surface area contributed by atoms with Gasteiger partial charge in [-0.1, -0.05) is 12.1 Å². The molecule has 3 aromatic rings. The second kappa shape index (κ2) is 12.4. The third-order valence-corrected chi connectivity index (χ3v) is 8.58. The molecule has 0 spiro atoms. The van der Waals surface area contributed by atoms with Crippen molar-refractivity contribution in [1.29, 1.82) is 0 Å². The Morgan fingerprint density at radius 1 is 1.03 bits per heavy atom. The maximum Gasteiger partial charge on any atom is 0.243 e. The number of hydrogen-bond acceptors (Lipinski definition) is 8. The van der Waals surface area contributed by atoms with Crippen LogP contribution in [0.25, 0.3) is 0 Å². The van der Waals surface area contributed by atoms with Crippen molar-refractivity contribution >= 4 is 27.3 Å². The molecule has 0 N–H and O–H groups in total. The third kappa shape index (κ3) is 6.80. The molecule has 2 aromatic carbocycles. The highest BCUT2D eigenvalue weighted by molar-refractivity contribution is 7.89. The highest BCUT2D eigenvalue weighted by atomic mass is 32.2. The Bertz CT molecular complexity index is 1280. The van der Waals surface area contributed by atoms with E-state index in [0.29, 0.717) is 43.4 Å². The minimum absolute atomic E-state index is 0.0964. The number of hydrogen-bond donors (Lipinski definition) is 0. The standard InChI is InChI=1S/C26H30N2O7S2/c1-32-13-4-12-28(37(30,31)23-9-7-21(33-2)8-10-23)18-26(29)27(17-22-5-3-14-36-22)16-20-6-11-24-25(15-20)35-19-34-24/h3,5-11,14-15H,4,12-13,16-19H2,1-2H3. The van der Waals surface area contributed by atoms with Crippen molar-refractivity contribution < 1.29 is 32.2 Å². The number of ether oxygens (including phenoxy) is 4. The summed E-state index contributed by atoms with van der Waals surface area (Å²) in [5.41, 5.74) is 0.859. The van der Waals surface area contributed by atoms with E-state index in [9.17, 15) is 13.2 Å². The summed E-state index contributed by atoms with van der Waals surface area (Å²) in [5.74, 6) is 1.53. The Morgan fingerprint density at radius 2 is 1.81 bits per heavy atom. The zero-order chi connectivity index (χ0) is 26.3. The van der Waals surface area contributed by atoms with E-state index in [1.54, 1.807) is 35.5 Å². The number of carbonyl (C=O) groups excluding carboxylic acids is 1. The summed E-state index contributed by atoms with van der Waals surface area (Å²) in [5, 5.41) is 1.95. The first kappa shape index (κ1) is 26.9. The predicted octanol–water partition coefficient (Wildman–Crippen LogP) is 3.74. The fourth-order valence-corrected chi connectivity index (χ4v) is 6.05. The molecule has 0 fully saturated rings. The Balaban J connectivity index is 1.57. The van der Waals surface area contributed by atoms with Crippen LogP contribution in [-0.2, 0) is 32.6 Å². The van der Waals surface area contributed by atoms with Crippen LogP contribution in [0.2, 0.25) is 0 Å². The lowest BCUT2D eigenvalue weighted by Gasteiger charge is -2.27. The maximum absolute atomic E-state index is 13.6. The summed E-state index contributed by atoms with van der Waals surface area (Å²) in [6, 6.07) is 15.6. The molecule has 198 valence electrons. The topological polar surface area (TPSA) is 94.6 Å². The maximum atomic E-state index is 13.6. The van der Waals surface area contributed by atoms with E-state index in [1.165, 1.54) is 23.5 Å². The number of methoxy groups -OCH3 is 2. The van der Waals surface area contributed by atoms with Gasteiger partial charge in [-0.15, -0.1) is 11.3 Å². The first-order chi connectivity index (χ1) is 17.9. The van der Waals surface area contributed by atoms with Crippen molar-refractivity contribution in [3.05, 3.63) is 70.4 Å². The highest BCUT2D eigenvalue weighted by Gasteiger charge is 2.29. The number of benzene rings is 2. The van der Waals surface area contributed by atoms with Crippen LogP contribution in [0.15, 0.2) is 64.9 Å². The average molecular weight is 547 g/mol. The van der Waals surface area contributed by atoms with Gasteiger partial charge in [0.15, 0.2) is 11.5 Å². The van der Waals surface area contributed by atoms with Gasteiger partial charge in [-0.3, -0.25) is 4.79 Å². The molecule has 0 bridgehead atoms. The highest BCUT2D eigenvalue weighted by Crippen LogP contribution is 2.33. The summed E-state index contributed by atoms with van der Waals surface area (Å²) >= 11 is 1.54. The summed E-state index contributed by atoms with van der Waals surface area (Å²) in [6.45, 7) is 1.04. The molecule has 1 amide bonds. The van der Waals surface area contributed by atoms with Crippen molar-refractivity contribution in [3.8, 4) is 17.2 Å². The molecule has 4 rings (SSSR count). The molecule has 0 atom stereocenters. The Morgan fingerprint density at radius 3 is 2.51 bits per heavy atom. The van der Waals surface area contributed by atoms with Gasteiger partial charge in [-0.25, -0.2) is 8.42 Å². The van der Waals surface area contributed by atoms with Gasteiger partial charge < -0.3 is 23.8 Å². The molecule has 1 aliphatic rings. The molecular formula is C26H30N2O7S2. The van der Waals surface area contributed by atoms with Crippen molar-refractivity contribution in [1.82, 2.24) is 9.21 Å². The van der Waals surface area contributed by atoms with Crippen LogP contribution < -0.4 is 14.2 Å². The first-order valence-corrected chi connectivity index (χ1v) is 14.0. The van der Waals surface area contributed by atoms with Gasteiger partial charge >= 0.3 is 0 Å². The van der Waals surface area contributed by atoms with E-state index in [4.69, 9.17) is 18.9 Å². The predicted molar refractivity (Wildman–Crippen MR) is 139 cm³/mol. The zero-order valence-corrected chi connectivity index (χ0v) is 22.4. The van der Waals surface area contributed by atoms with Crippen LogP contribution in [0.3, 0.4) is 0 Å². The van der Waals surface area contributed by atoms with Crippen molar-refractivity contribution in [2.45, 2.75) is 24.4 Å². The second-order valence-corrected chi connectivity index (χ2v) is 11.3. The molecule has 1 aliphatic heterocycles. The largest absolute Gasteiger partial charge is 0.497 e. The zero-order valence-electron chi connectivity index (χ0n) is 20.8. The Labute approximate surface area is 221 Å². The monoisotopic (exact) mass is 546 g/mol. The summed E-state index contributed by atoms with van der Waals surface area (Å²) in [6.07, 6.45) is 0.451. The smallest absolute Gasteiger partial charge is 0.243 e. The minimum atomic E-state index is -3.94. The molecular weight excluding hydrogens is 516 g/mol. The van der Waals surface area contributed by atoms with Crippen LogP contribution >= 0.6 is 11.3 Å². The van der Waals surface area contributed by atoms with Crippen LogP contribution in [0.1, 0.15) is 16.9 Å². The Hall–Kier alpha value is -3.12. The molecule has 0 aliphatic carbocycles. The number of sulfonamides is 1. The molecule has 9 nitrogen and oxygen atoms in total. The molecule has 0 saturated carbocycles. The summed E-state index contributed by atoms with van der Waals surface area (Å²) < 4.78 is 49.4. The van der Waals surface area contributed by atoms with Crippen LogP contribution in [0.5, 0.6) is 17.2 Å². The summed E-state index contributed by atoms with van der Waals surface area (Å²) in [7, 11) is -0.865. The minimum Gasteiger partial charge on any atom is -0.497 e. The lowest BCUT2D eigenvalue weighted by Crippen LogP contribution is -2.43. The number of fused-ring (bicyclic) bond motifs is 1. The van der Waals surface area contributed by atoms with E-state index in [1.807, 2.05) is 35.7 Å². The average Bonchev–Trinajstić information content (AvgIpc) is 3.59. The van der Waals surface area contributed by atoms with Crippen molar-refractivity contribution in [2.24, 2.45) is 0 Å². The van der Waals surface area contributed by atoms with Gasteiger partial charge in [0, 0.05) is 31.7 Å². The molecule has 2 heterocycles. The Kier molecular flexibility index (Phi) is 9.04. The van der Waals surface area contributed by atoms with Crippen LogP contribution in [0.4, 0.5) is 0 Å². The molecule has 0 saturated heterocycles. The fraction of sp³-hybridized carbons (Fsp3) is 0.346. The SMILES string of the molecule is COCCCN(CC(=O)N(Cc1ccc2c(c1)OCO2)Cc1cccs1)S(=O)(=O)c1ccc(OC)cc1. The van der Waals surface area contributed by atoms with E-state index in [2.05, 4.69) is 0 Å². The molecule has 1 aromatic heterocycles. The number of nitrogens with zero attached hydrogens (tertiary/aromatic N) is 2. The van der Waals surface area contributed by atoms with E-state index >= 15 is 0 Å². The lowest BCUT2D eigenvalue weighted by molar-refractivity contribution is -0.132. The first-order valence-electron chi connectivity index (χ1n) is 11.7. The van der Waals surface area contributed by atoms with Gasteiger partial charge in [0.1, 0.15) is 5.75 Å². The van der Waals surface area contributed by atoms with Gasteiger partial charge in [0.2, 0.25) is 22.7 Å². The molecule has 37 heavy (non-hydrogen) atoms. The number of amides is 1. The second-order valence-electron chi connectivity index (χ2n) is 8.38. The van der Waals surface area contributed by atoms with Crippen LogP contribution in [-0.4, -0.2) is 64.2 Å². The van der Waals surface area contributed by atoms with E-state index in [0.717, 1.165) is 10.4 Å². The lowest BCUT2D eigenvalue weighted by atomic mass is 10.2. The summed E-state index contributed by atoms with van der Waals surface area (Å²) in [4.78, 5) is 16.4. The van der Waals surface area contributed by atoms with Crippen molar-refractivity contribution in [2.75, 3.05) is 40.7 Å². The van der Waals surface area contributed by atoms with Crippen molar-refractivity contribution in [3.63, 3.8) is 0 Å². The fourth-order valence-electron chi connectivity index (χ4n) is 3.90. The molecule has 0 unspecified atom stereocenters. The van der Waals surface area contributed by atoms with Gasteiger partial charge in [0.25, 0.3) is 0 Å². The van der Waals surface area contributed by atoms with Gasteiger partial charge in [-0.05, 0) is 59.8 Å². The van der Waals surface area contributed by atoms with E-state index < -0.39 is 10.0 Å². The van der Waals surface area contributed by atoms with Crippen LogP contribution in [0, 0.1) is 0 Å². The molecule has 11 heteroatoms. The number of carbonyl (C=O) groups is 1. The third-order valence-electron chi connectivity index (χ3n) is 5.85. The van der Waals surface area contributed by atoms with Gasteiger partial charge in [-0.2, -0.15) is 4.31 Å². The normalized spacial score (nSPS) is 12.6.